The van der Waals surface area contributed by atoms with E-state index in [1.54, 1.807) is 19.9 Å². The highest BCUT2D eigenvalue weighted by atomic mass is 35.5. The molecule has 20 heavy (non-hydrogen) atoms. The summed E-state index contributed by atoms with van der Waals surface area (Å²) in [6.45, 7) is 3.44. The van der Waals surface area contributed by atoms with E-state index in [0.29, 0.717) is 9.92 Å². The predicted molar refractivity (Wildman–Crippen MR) is 82.0 cm³/mol. The van der Waals surface area contributed by atoms with Crippen LogP contribution < -0.4 is 5.32 Å². The average Bonchev–Trinajstić information content (AvgIpc) is 2.35. The molecule has 1 amide bonds. The molecule has 0 radical (unpaired) electrons. The zero-order valence-electron chi connectivity index (χ0n) is 11.2. The molecule has 0 unspecified atom stereocenters. The van der Waals surface area contributed by atoms with Gasteiger partial charge in [-0.3, -0.25) is 4.79 Å². The quantitative estimate of drug-likeness (QED) is 0.807. The molecule has 0 aliphatic carbocycles. The van der Waals surface area contributed by atoms with E-state index >= 15 is 0 Å². The van der Waals surface area contributed by atoms with E-state index in [-0.39, 0.29) is 16.5 Å². The minimum Gasteiger partial charge on any atom is -0.480 e. The first-order valence-corrected chi connectivity index (χ1v) is 7.82. The van der Waals surface area contributed by atoms with Crippen molar-refractivity contribution < 1.29 is 14.7 Å². The summed E-state index contributed by atoms with van der Waals surface area (Å²) in [5.41, 5.74) is 0.215. The molecule has 1 aromatic carbocycles. The molecule has 110 valence electrons. The van der Waals surface area contributed by atoms with Crippen LogP contribution in [0.25, 0.3) is 0 Å². The van der Waals surface area contributed by atoms with Crippen molar-refractivity contribution in [2.75, 3.05) is 6.26 Å². The Morgan fingerprint density at radius 1 is 1.25 bits per heavy atom. The number of thioether (sulfide) groups is 1. The van der Waals surface area contributed by atoms with Crippen molar-refractivity contribution in [3.05, 3.63) is 27.7 Å². The smallest absolute Gasteiger partial charge is 0.326 e. The summed E-state index contributed by atoms with van der Waals surface area (Å²) in [4.78, 5) is 24.0. The van der Waals surface area contributed by atoms with Gasteiger partial charge in [0.2, 0.25) is 0 Å². The van der Waals surface area contributed by atoms with Gasteiger partial charge in [0.25, 0.3) is 5.91 Å². The summed E-state index contributed by atoms with van der Waals surface area (Å²) in [5.74, 6) is -1.84. The van der Waals surface area contributed by atoms with E-state index in [9.17, 15) is 9.59 Å². The maximum Gasteiger partial charge on any atom is 0.326 e. The van der Waals surface area contributed by atoms with Crippen molar-refractivity contribution >= 4 is 46.8 Å². The number of benzene rings is 1. The second kappa shape index (κ2) is 7.20. The van der Waals surface area contributed by atoms with Crippen molar-refractivity contribution in [3.63, 3.8) is 0 Å². The number of carboxylic acid groups (broad SMARTS) is 1. The van der Waals surface area contributed by atoms with Crippen LogP contribution in [0.3, 0.4) is 0 Å². The van der Waals surface area contributed by atoms with E-state index in [1.807, 2.05) is 6.26 Å². The van der Waals surface area contributed by atoms with E-state index in [0.717, 1.165) is 0 Å². The molecule has 0 aliphatic heterocycles. The molecule has 1 atom stereocenters. The van der Waals surface area contributed by atoms with Crippen molar-refractivity contribution in [1.82, 2.24) is 5.32 Å². The van der Waals surface area contributed by atoms with Gasteiger partial charge >= 0.3 is 5.97 Å². The van der Waals surface area contributed by atoms with Crippen LogP contribution in [0.2, 0.25) is 10.0 Å². The van der Waals surface area contributed by atoms with Crippen LogP contribution in [0, 0.1) is 5.92 Å². The maximum absolute atomic E-state index is 12.2. The lowest BCUT2D eigenvalue weighted by Gasteiger charge is -2.18. The molecule has 2 N–H and O–H groups in total. The largest absolute Gasteiger partial charge is 0.480 e. The maximum atomic E-state index is 12.2. The molecular weight excluding hydrogens is 321 g/mol. The lowest BCUT2D eigenvalue weighted by atomic mass is 10.0. The number of hydrogen-bond acceptors (Lipinski definition) is 3. The number of amides is 1. The number of hydrogen-bond donors (Lipinski definition) is 2. The molecule has 0 saturated carbocycles. The third kappa shape index (κ3) is 4.04. The fraction of sp³-hybridized carbons (Fsp3) is 0.385. The normalized spacial score (nSPS) is 12.3. The van der Waals surface area contributed by atoms with Crippen LogP contribution in [0.15, 0.2) is 17.0 Å². The summed E-state index contributed by atoms with van der Waals surface area (Å²) in [5, 5.41) is 12.2. The Morgan fingerprint density at radius 3 is 2.30 bits per heavy atom. The Kier molecular flexibility index (Phi) is 6.17. The average molecular weight is 336 g/mol. The second-order valence-corrected chi connectivity index (χ2v) is 6.16. The van der Waals surface area contributed by atoms with Gasteiger partial charge in [-0.15, -0.1) is 11.8 Å². The summed E-state index contributed by atoms with van der Waals surface area (Å²) in [7, 11) is 0. The van der Waals surface area contributed by atoms with Crippen molar-refractivity contribution in [2.24, 2.45) is 5.92 Å². The molecule has 1 rings (SSSR count). The standard InChI is InChI=1S/C13H15Cl2NO3S/c1-6(2)11(13(18)19)16-12(17)7-4-10(20-3)9(15)5-8(7)14/h4-6,11H,1-3H3,(H,16,17)(H,18,19)/t11-/m0/s1. The number of carbonyl (C=O) groups is 2. The number of halogens is 2. The van der Waals surface area contributed by atoms with E-state index in [1.165, 1.54) is 17.8 Å². The lowest BCUT2D eigenvalue weighted by molar-refractivity contribution is -0.140. The number of carbonyl (C=O) groups excluding carboxylic acids is 1. The zero-order valence-corrected chi connectivity index (χ0v) is 13.6. The van der Waals surface area contributed by atoms with E-state index in [2.05, 4.69) is 5.32 Å². The van der Waals surface area contributed by atoms with Gasteiger partial charge in [-0.1, -0.05) is 37.0 Å². The van der Waals surface area contributed by atoms with Crippen LogP contribution in [-0.4, -0.2) is 29.3 Å². The summed E-state index contributed by atoms with van der Waals surface area (Å²) >= 11 is 13.4. The van der Waals surface area contributed by atoms with Gasteiger partial charge in [0.1, 0.15) is 6.04 Å². The van der Waals surface area contributed by atoms with Crippen molar-refractivity contribution in [3.8, 4) is 0 Å². The van der Waals surface area contributed by atoms with E-state index < -0.39 is 17.9 Å². The van der Waals surface area contributed by atoms with Crippen molar-refractivity contribution in [2.45, 2.75) is 24.8 Å². The number of aliphatic carboxylic acids is 1. The Bertz CT molecular complexity index is 535. The highest BCUT2D eigenvalue weighted by Gasteiger charge is 2.25. The minimum absolute atomic E-state index is 0.193. The SMILES string of the molecule is CSc1cc(C(=O)N[C@H](C(=O)O)C(C)C)c(Cl)cc1Cl. The fourth-order valence-electron chi connectivity index (χ4n) is 1.59. The Labute approximate surface area is 131 Å². The highest BCUT2D eigenvalue weighted by Crippen LogP contribution is 2.31. The number of rotatable bonds is 5. The summed E-state index contributed by atoms with van der Waals surface area (Å²) in [6.07, 6.45) is 1.82. The number of carboxylic acids is 1. The van der Waals surface area contributed by atoms with Crippen LogP contribution >= 0.6 is 35.0 Å². The molecule has 1 aromatic rings. The Hall–Kier alpha value is -0.910. The van der Waals surface area contributed by atoms with E-state index in [4.69, 9.17) is 28.3 Å². The lowest BCUT2D eigenvalue weighted by Crippen LogP contribution is -2.44. The highest BCUT2D eigenvalue weighted by molar-refractivity contribution is 7.98. The summed E-state index contributed by atoms with van der Waals surface area (Å²) < 4.78 is 0. The minimum atomic E-state index is -1.08. The van der Waals surface area contributed by atoms with Gasteiger partial charge in [-0.2, -0.15) is 0 Å². The fourth-order valence-corrected chi connectivity index (χ4v) is 2.78. The van der Waals surface area contributed by atoms with Crippen LogP contribution in [-0.2, 0) is 4.79 Å². The summed E-state index contributed by atoms with van der Waals surface area (Å²) in [6, 6.07) is 2.07. The molecule has 7 heteroatoms. The topological polar surface area (TPSA) is 66.4 Å². The number of nitrogens with one attached hydrogen (secondary N) is 1. The predicted octanol–water partition coefficient (Wildman–Crippen LogP) is 3.55. The molecule has 0 heterocycles. The molecule has 0 aromatic heterocycles. The van der Waals surface area contributed by atoms with Gasteiger partial charge in [0, 0.05) is 4.90 Å². The molecule has 0 spiro atoms. The monoisotopic (exact) mass is 335 g/mol. The first-order valence-electron chi connectivity index (χ1n) is 5.84. The van der Waals surface area contributed by atoms with Gasteiger partial charge in [-0.25, -0.2) is 4.79 Å². The first-order chi connectivity index (χ1) is 9.27. The van der Waals surface area contributed by atoms with Crippen LogP contribution in [0.5, 0.6) is 0 Å². The molecule has 0 saturated heterocycles. The second-order valence-electron chi connectivity index (χ2n) is 4.50. The van der Waals surface area contributed by atoms with Gasteiger partial charge in [0.15, 0.2) is 0 Å². The third-order valence-electron chi connectivity index (χ3n) is 2.71. The molecule has 4 nitrogen and oxygen atoms in total. The van der Waals surface area contributed by atoms with Gasteiger partial charge < -0.3 is 10.4 Å². The first kappa shape index (κ1) is 17.1. The zero-order chi connectivity index (χ0) is 15.4. The van der Waals surface area contributed by atoms with Gasteiger partial charge in [0.05, 0.1) is 15.6 Å². The third-order valence-corrected chi connectivity index (χ3v) is 4.22. The Morgan fingerprint density at radius 2 is 1.85 bits per heavy atom. The van der Waals surface area contributed by atoms with Gasteiger partial charge in [-0.05, 0) is 24.3 Å². The van der Waals surface area contributed by atoms with Crippen LogP contribution in [0.1, 0.15) is 24.2 Å². The van der Waals surface area contributed by atoms with Crippen LogP contribution in [0.4, 0.5) is 0 Å². The molecule has 0 bridgehead atoms. The molecular formula is C13H15Cl2NO3S. The molecule has 0 fully saturated rings. The molecule has 0 aliphatic rings. The Balaban J connectivity index is 3.06. The van der Waals surface area contributed by atoms with Crippen molar-refractivity contribution in [1.29, 1.82) is 0 Å².